The summed E-state index contributed by atoms with van der Waals surface area (Å²) in [4.78, 5) is 1.81. The highest BCUT2D eigenvalue weighted by Gasteiger charge is 2.13. The predicted molar refractivity (Wildman–Crippen MR) is 75.3 cm³/mol. The van der Waals surface area contributed by atoms with E-state index in [1.165, 1.54) is 57.3 Å². The average Bonchev–Trinajstić information content (AvgIpc) is 2.87. The fraction of sp³-hybridized carbons (Fsp3) is 0.625. The van der Waals surface area contributed by atoms with Crippen molar-refractivity contribution in [2.24, 2.45) is 0 Å². The highest BCUT2D eigenvalue weighted by molar-refractivity contribution is 5.27. The van der Waals surface area contributed by atoms with Crippen molar-refractivity contribution in [3.63, 3.8) is 0 Å². The third-order valence-electron chi connectivity index (χ3n) is 3.74. The van der Waals surface area contributed by atoms with Gasteiger partial charge in [0.05, 0.1) is 26.2 Å². The zero-order valence-corrected chi connectivity index (χ0v) is 11.6. The van der Waals surface area contributed by atoms with Crippen LogP contribution in [0.5, 0.6) is 5.75 Å². The largest absolute Gasteiger partial charge is 0.494 e. The molecule has 1 heterocycles. The van der Waals surface area contributed by atoms with Gasteiger partial charge in [0.1, 0.15) is 5.75 Å². The fourth-order valence-electron chi connectivity index (χ4n) is 2.67. The van der Waals surface area contributed by atoms with E-state index in [2.05, 4.69) is 25.1 Å². The first-order valence-electron chi connectivity index (χ1n) is 7.37. The Morgan fingerprint density at radius 2 is 1.94 bits per heavy atom. The maximum absolute atomic E-state index is 5.75. The number of aryl methyl sites for hydroxylation is 1. The second-order valence-electron chi connectivity index (χ2n) is 5.43. The van der Waals surface area contributed by atoms with Crippen molar-refractivity contribution in [1.29, 1.82) is 0 Å². The number of nitrogens with one attached hydrogen (secondary N) is 1. The zero-order valence-electron chi connectivity index (χ0n) is 11.6. The maximum atomic E-state index is 5.75. The first kappa shape index (κ1) is 13.4. The van der Waals surface area contributed by atoms with Crippen LogP contribution in [0.1, 0.15) is 37.7 Å². The molecule has 1 aromatic carbocycles. The van der Waals surface area contributed by atoms with Crippen LogP contribution >= 0.6 is 0 Å². The first-order chi connectivity index (χ1) is 8.84. The highest BCUT2D eigenvalue weighted by atomic mass is 16.5. The molecule has 1 fully saturated rings. The molecule has 0 radical (unpaired) electrons. The fourth-order valence-corrected chi connectivity index (χ4v) is 2.67. The SMILES string of the molecule is Cc1cccc(OCCCCC[NH+]2CCCC2)c1. The Balaban J connectivity index is 1.50. The Labute approximate surface area is 111 Å². The van der Waals surface area contributed by atoms with Gasteiger partial charge in [-0.3, -0.25) is 0 Å². The lowest BCUT2D eigenvalue weighted by Gasteiger charge is -2.11. The Morgan fingerprint density at radius 3 is 2.72 bits per heavy atom. The predicted octanol–water partition coefficient (Wildman–Crippen LogP) is 2.22. The summed E-state index contributed by atoms with van der Waals surface area (Å²) < 4.78 is 5.75. The molecule has 0 saturated carbocycles. The van der Waals surface area contributed by atoms with Crippen LogP contribution in [0.4, 0.5) is 0 Å². The summed E-state index contributed by atoms with van der Waals surface area (Å²) in [6, 6.07) is 8.31. The number of hydrogen-bond donors (Lipinski definition) is 1. The number of unbranched alkanes of at least 4 members (excludes halogenated alkanes) is 2. The standard InChI is InChI=1S/C16H25NO/c1-15-8-7-9-16(14-15)18-13-6-2-3-10-17-11-4-5-12-17/h7-9,14H,2-6,10-13H2,1H3/p+1. The summed E-state index contributed by atoms with van der Waals surface area (Å²) >= 11 is 0. The van der Waals surface area contributed by atoms with Gasteiger partial charge in [-0.05, 0) is 43.9 Å². The van der Waals surface area contributed by atoms with Crippen molar-refractivity contribution in [3.8, 4) is 5.75 Å². The Hall–Kier alpha value is -1.02. The number of rotatable bonds is 7. The molecule has 18 heavy (non-hydrogen) atoms. The van der Waals surface area contributed by atoms with Crippen LogP contribution in [-0.2, 0) is 0 Å². The molecule has 1 aliphatic heterocycles. The molecule has 2 nitrogen and oxygen atoms in total. The minimum absolute atomic E-state index is 0.860. The van der Waals surface area contributed by atoms with Gasteiger partial charge in [0.15, 0.2) is 0 Å². The van der Waals surface area contributed by atoms with E-state index in [0.717, 1.165) is 12.4 Å². The van der Waals surface area contributed by atoms with Crippen molar-refractivity contribution in [2.45, 2.75) is 39.0 Å². The van der Waals surface area contributed by atoms with Gasteiger partial charge in [-0.2, -0.15) is 0 Å². The summed E-state index contributed by atoms with van der Waals surface area (Å²) in [5.41, 5.74) is 1.27. The van der Waals surface area contributed by atoms with E-state index in [1.54, 1.807) is 0 Å². The third kappa shape index (κ3) is 4.69. The number of likely N-dealkylation sites (tertiary alicyclic amines) is 1. The van der Waals surface area contributed by atoms with Gasteiger partial charge in [0.25, 0.3) is 0 Å². The molecule has 1 aromatic rings. The molecule has 0 spiro atoms. The monoisotopic (exact) mass is 248 g/mol. The van der Waals surface area contributed by atoms with Crippen LogP contribution in [0.3, 0.4) is 0 Å². The van der Waals surface area contributed by atoms with E-state index in [-0.39, 0.29) is 0 Å². The Morgan fingerprint density at radius 1 is 1.11 bits per heavy atom. The topological polar surface area (TPSA) is 13.7 Å². The van der Waals surface area contributed by atoms with Crippen LogP contribution in [-0.4, -0.2) is 26.2 Å². The molecule has 100 valence electrons. The molecule has 1 aliphatic rings. The van der Waals surface area contributed by atoms with Gasteiger partial charge < -0.3 is 9.64 Å². The third-order valence-corrected chi connectivity index (χ3v) is 3.74. The summed E-state index contributed by atoms with van der Waals surface area (Å²) in [6.45, 7) is 7.13. The van der Waals surface area contributed by atoms with E-state index in [0.29, 0.717) is 0 Å². The molecule has 2 heteroatoms. The molecule has 0 bridgehead atoms. The van der Waals surface area contributed by atoms with Crippen LogP contribution in [0.25, 0.3) is 0 Å². The average molecular weight is 248 g/mol. The van der Waals surface area contributed by atoms with Crippen LogP contribution in [0.15, 0.2) is 24.3 Å². The lowest BCUT2D eigenvalue weighted by atomic mass is 10.2. The first-order valence-corrected chi connectivity index (χ1v) is 7.37. The van der Waals surface area contributed by atoms with Gasteiger partial charge in [0, 0.05) is 12.8 Å². The molecule has 1 N–H and O–H groups in total. The van der Waals surface area contributed by atoms with Gasteiger partial charge >= 0.3 is 0 Å². The molecular formula is C16H26NO+. The van der Waals surface area contributed by atoms with Crippen molar-refractivity contribution in [3.05, 3.63) is 29.8 Å². The summed E-state index contributed by atoms with van der Waals surface area (Å²) in [6.07, 6.45) is 6.71. The molecule has 2 rings (SSSR count). The Bertz CT molecular complexity index is 345. The molecule has 1 saturated heterocycles. The van der Waals surface area contributed by atoms with E-state index in [1.807, 2.05) is 11.0 Å². The summed E-state index contributed by atoms with van der Waals surface area (Å²) in [5.74, 6) is 1.01. The van der Waals surface area contributed by atoms with Crippen molar-refractivity contribution < 1.29 is 9.64 Å². The van der Waals surface area contributed by atoms with Crippen LogP contribution in [0.2, 0.25) is 0 Å². The quantitative estimate of drug-likeness (QED) is 0.731. The molecule has 0 aromatic heterocycles. The molecule has 0 amide bonds. The number of benzene rings is 1. The van der Waals surface area contributed by atoms with E-state index in [4.69, 9.17) is 4.74 Å². The zero-order chi connectivity index (χ0) is 12.6. The molecule has 0 aliphatic carbocycles. The smallest absolute Gasteiger partial charge is 0.119 e. The lowest BCUT2D eigenvalue weighted by Crippen LogP contribution is -3.09. The highest BCUT2D eigenvalue weighted by Crippen LogP contribution is 2.12. The lowest BCUT2D eigenvalue weighted by molar-refractivity contribution is -0.887. The molecular weight excluding hydrogens is 222 g/mol. The molecule has 0 unspecified atom stereocenters. The minimum Gasteiger partial charge on any atom is -0.494 e. The van der Waals surface area contributed by atoms with Crippen molar-refractivity contribution >= 4 is 0 Å². The maximum Gasteiger partial charge on any atom is 0.119 e. The second-order valence-corrected chi connectivity index (χ2v) is 5.43. The molecule has 0 atom stereocenters. The second kappa shape index (κ2) is 7.42. The minimum atomic E-state index is 0.860. The summed E-state index contributed by atoms with van der Waals surface area (Å²) in [5, 5.41) is 0. The summed E-state index contributed by atoms with van der Waals surface area (Å²) in [7, 11) is 0. The van der Waals surface area contributed by atoms with E-state index in [9.17, 15) is 0 Å². The van der Waals surface area contributed by atoms with Crippen LogP contribution in [0, 0.1) is 6.92 Å². The van der Waals surface area contributed by atoms with Gasteiger partial charge in [-0.25, -0.2) is 0 Å². The number of ether oxygens (including phenoxy) is 1. The van der Waals surface area contributed by atoms with Crippen molar-refractivity contribution in [2.75, 3.05) is 26.2 Å². The van der Waals surface area contributed by atoms with Gasteiger partial charge in [0.2, 0.25) is 0 Å². The van der Waals surface area contributed by atoms with Gasteiger partial charge in [-0.1, -0.05) is 12.1 Å². The van der Waals surface area contributed by atoms with E-state index >= 15 is 0 Å². The number of quaternary nitrogens is 1. The Kier molecular flexibility index (Phi) is 5.53. The van der Waals surface area contributed by atoms with Crippen LogP contribution < -0.4 is 9.64 Å². The van der Waals surface area contributed by atoms with Crippen molar-refractivity contribution in [1.82, 2.24) is 0 Å². The number of hydrogen-bond acceptors (Lipinski definition) is 1. The van der Waals surface area contributed by atoms with E-state index < -0.39 is 0 Å². The van der Waals surface area contributed by atoms with Gasteiger partial charge in [-0.15, -0.1) is 0 Å². The normalized spacial score (nSPS) is 16.1.